The smallest absolute Gasteiger partial charge is 0.143 e. The molecule has 6 nitrogen and oxygen atoms in total. The van der Waals surface area contributed by atoms with Crippen molar-refractivity contribution in [3.8, 4) is 11.8 Å². The zero-order valence-electron chi connectivity index (χ0n) is 12.3. The summed E-state index contributed by atoms with van der Waals surface area (Å²) in [5, 5.41) is 15.6. The Morgan fingerprint density at radius 1 is 1.29 bits per heavy atom. The second kappa shape index (κ2) is 6.57. The molecule has 2 N–H and O–H groups in total. The lowest BCUT2D eigenvalue weighted by molar-refractivity contribution is 0.416. The van der Waals surface area contributed by atoms with Crippen LogP contribution in [0.3, 0.4) is 0 Å². The quantitative estimate of drug-likeness (QED) is 0.878. The SMILES string of the molecule is CCNc1ncnc(Nc2c(C#N)cccc2OC)c1C. The Balaban J connectivity index is 2.44. The second-order valence-corrected chi connectivity index (χ2v) is 4.35. The fourth-order valence-electron chi connectivity index (χ4n) is 1.96. The molecule has 21 heavy (non-hydrogen) atoms. The largest absolute Gasteiger partial charge is 0.495 e. The van der Waals surface area contributed by atoms with Gasteiger partial charge < -0.3 is 15.4 Å². The van der Waals surface area contributed by atoms with E-state index in [4.69, 9.17) is 4.74 Å². The van der Waals surface area contributed by atoms with Gasteiger partial charge in [0.05, 0.1) is 12.7 Å². The average molecular weight is 283 g/mol. The first-order valence-corrected chi connectivity index (χ1v) is 6.60. The van der Waals surface area contributed by atoms with Gasteiger partial charge in [-0.05, 0) is 26.0 Å². The summed E-state index contributed by atoms with van der Waals surface area (Å²) >= 11 is 0. The molecule has 0 amide bonds. The van der Waals surface area contributed by atoms with Crippen molar-refractivity contribution in [3.05, 3.63) is 35.7 Å². The molecule has 0 radical (unpaired) electrons. The summed E-state index contributed by atoms with van der Waals surface area (Å²) < 4.78 is 5.31. The monoisotopic (exact) mass is 283 g/mol. The van der Waals surface area contributed by atoms with Crippen LogP contribution in [0.25, 0.3) is 0 Å². The Hall–Kier alpha value is -2.81. The molecule has 0 bridgehead atoms. The number of rotatable bonds is 5. The van der Waals surface area contributed by atoms with E-state index < -0.39 is 0 Å². The fraction of sp³-hybridized carbons (Fsp3) is 0.267. The molecule has 0 saturated carbocycles. The van der Waals surface area contributed by atoms with Crippen LogP contribution in [-0.4, -0.2) is 23.6 Å². The molecule has 2 rings (SSSR count). The van der Waals surface area contributed by atoms with Crippen LogP contribution in [0, 0.1) is 18.3 Å². The van der Waals surface area contributed by atoms with Crippen LogP contribution < -0.4 is 15.4 Å². The number of ether oxygens (including phenoxy) is 1. The van der Waals surface area contributed by atoms with Gasteiger partial charge in [-0.2, -0.15) is 5.26 Å². The van der Waals surface area contributed by atoms with Gasteiger partial charge in [-0.15, -0.1) is 0 Å². The van der Waals surface area contributed by atoms with E-state index in [-0.39, 0.29) is 0 Å². The molecule has 0 atom stereocenters. The van der Waals surface area contributed by atoms with Crippen molar-refractivity contribution >= 4 is 17.3 Å². The number of hydrogen-bond donors (Lipinski definition) is 2. The summed E-state index contributed by atoms with van der Waals surface area (Å²) in [6, 6.07) is 7.45. The van der Waals surface area contributed by atoms with Crippen LogP contribution >= 0.6 is 0 Å². The lowest BCUT2D eigenvalue weighted by atomic mass is 10.1. The Bertz CT molecular complexity index is 678. The third-order valence-electron chi connectivity index (χ3n) is 3.04. The molecule has 0 aliphatic rings. The minimum absolute atomic E-state index is 0.498. The molecular formula is C15H17N5O. The van der Waals surface area contributed by atoms with E-state index in [0.29, 0.717) is 22.8 Å². The van der Waals surface area contributed by atoms with Gasteiger partial charge in [0.1, 0.15) is 35.5 Å². The van der Waals surface area contributed by atoms with Crippen molar-refractivity contribution in [2.75, 3.05) is 24.3 Å². The number of nitriles is 1. The van der Waals surface area contributed by atoms with E-state index in [1.807, 2.05) is 13.8 Å². The molecule has 0 saturated heterocycles. The predicted molar refractivity (Wildman–Crippen MR) is 81.9 cm³/mol. The summed E-state index contributed by atoms with van der Waals surface area (Å²) in [7, 11) is 1.57. The fourth-order valence-corrected chi connectivity index (χ4v) is 1.96. The maximum atomic E-state index is 9.23. The standard InChI is InChI=1S/C15H17N5O/c1-4-17-14-10(2)15(19-9-18-14)20-13-11(8-16)6-5-7-12(13)21-3/h5-7,9H,4H2,1-3H3,(H2,17,18,19,20). The summed E-state index contributed by atoms with van der Waals surface area (Å²) in [5.41, 5.74) is 1.98. The van der Waals surface area contributed by atoms with Crippen LogP contribution in [-0.2, 0) is 0 Å². The summed E-state index contributed by atoms with van der Waals surface area (Å²) in [6.07, 6.45) is 1.48. The minimum atomic E-state index is 0.498. The number of methoxy groups -OCH3 is 1. The number of benzene rings is 1. The van der Waals surface area contributed by atoms with Gasteiger partial charge in [-0.3, -0.25) is 0 Å². The van der Waals surface area contributed by atoms with Gasteiger partial charge in [0.2, 0.25) is 0 Å². The molecule has 1 heterocycles. The van der Waals surface area contributed by atoms with Crippen molar-refractivity contribution in [1.82, 2.24) is 9.97 Å². The Kier molecular flexibility index (Phi) is 4.57. The second-order valence-electron chi connectivity index (χ2n) is 4.35. The Morgan fingerprint density at radius 3 is 2.71 bits per heavy atom. The predicted octanol–water partition coefficient (Wildman–Crippen LogP) is 2.84. The number of para-hydroxylation sites is 1. The highest BCUT2D eigenvalue weighted by atomic mass is 16.5. The highest BCUT2D eigenvalue weighted by molar-refractivity contribution is 5.74. The number of aromatic nitrogens is 2. The van der Waals surface area contributed by atoms with Crippen LogP contribution in [0.15, 0.2) is 24.5 Å². The van der Waals surface area contributed by atoms with Gasteiger partial charge in [-0.25, -0.2) is 9.97 Å². The molecule has 1 aromatic carbocycles. The number of anilines is 3. The maximum Gasteiger partial charge on any atom is 0.143 e. The van der Waals surface area contributed by atoms with Crippen LogP contribution in [0.5, 0.6) is 5.75 Å². The third-order valence-corrected chi connectivity index (χ3v) is 3.04. The van der Waals surface area contributed by atoms with Gasteiger partial charge in [0, 0.05) is 12.1 Å². The lowest BCUT2D eigenvalue weighted by Crippen LogP contribution is -2.06. The van der Waals surface area contributed by atoms with E-state index in [2.05, 4.69) is 26.7 Å². The summed E-state index contributed by atoms with van der Waals surface area (Å²) in [6.45, 7) is 4.69. The minimum Gasteiger partial charge on any atom is -0.495 e. The topological polar surface area (TPSA) is 82.9 Å². The molecule has 6 heteroatoms. The van der Waals surface area contributed by atoms with Crippen molar-refractivity contribution in [2.45, 2.75) is 13.8 Å². The van der Waals surface area contributed by atoms with E-state index in [1.54, 1.807) is 25.3 Å². The van der Waals surface area contributed by atoms with Crippen LogP contribution in [0.4, 0.5) is 17.3 Å². The van der Waals surface area contributed by atoms with Crippen LogP contribution in [0.1, 0.15) is 18.1 Å². The molecule has 0 unspecified atom stereocenters. The molecule has 0 aliphatic carbocycles. The van der Waals surface area contributed by atoms with Gasteiger partial charge in [0.15, 0.2) is 0 Å². The maximum absolute atomic E-state index is 9.23. The molecule has 0 fully saturated rings. The van der Waals surface area contributed by atoms with E-state index in [9.17, 15) is 5.26 Å². The lowest BCUT2D eigenvalue weighted by Gasteiger charge is -2.15. The number of nitrogens with zero attached hydrogens (tertiary/aromatic N) is 3. The normalized spacial score (nSPS) is 9.81. The Labute approximate surface area is 123 Å². The average Bonchev–Trinajstić information content (AvgIpc) is 2.51. The molecule has 1 aromatic heterocycles. The van der Waals surface area contributed by atoms with Crippen molar-refractivity contribution < 1.29 is 4.74 Å². The molecular weight excluding hydrogens is 266 g/mol. The summed E-state index contributed by atoms with van der Waals surface area (Å²) in [4.78, 5) is 8.44. The molecule has 2 aromatic rings. The number of hydrogen-bond acceptors (Lipinski definition) is 6. The van der Waals surface area contributed by atoms with Crippen LogP contribution in [0.2, 0.25) is 0 Å². The third kappa shape index (κ3) is 3.03. The highest BCUT2D eigenvalue weighted by Crippen LogP contribution is 2.32. The molecule has 0 aliphatic heterocycles. The van der Waals surface area contributed by atoms with E-state index >= 15 is 0 Å². The zero-order chi connectivity index (χ0) is 15.2. The van der Waals surface area contributed by atoms with Gasteiger partial charge >= 0.3 is 0 Å². The van der Waals surface area contributed by atoms with E-state index in [0.717, 1.165) is 17.9 Å². The molecule has 0 spiro atoms. The first kappa shape index (κ1) is 14.6. The Morgan fingerprint density at radius 2 is 2.05 bits per heavy atom. The molecule has 108 valence electrons. The zero-order valence-corrected chi connectivity index (χ0v) is 12.3. The van der Waals surface area contributed by atoms with Crippen molar-refractivity contribution in [3.63, 3.8) is 0 Å². The van der Waals surface area contributed by atoms with Gasteiger partial charge in [-0.1, -0.05) is 6.07 Å². The van der Waals surface area contributed by atoms with Crippen molar-refractivity contribution in [1.29, 1.82) is 5.26 Å². The first-order valence-electron chi connectivity index (χ1n) is 6.60. The number of nitrogens with one attached hydrogen (secondary N) is 2. The van der Waals surface area contributed by atoms with Crippen molar-refractivity contribution in [2.24, 2.45) is 0 Å². The van der Waals surface area contributed by atoms with E-state index in [1.165, 1.54) is 6.33 Å². The first-order chi connectivity index (χ1) is 10.2. The van der Waals surface area contributed by atoms with Gasteiger partial charge in [0.25, 0.3) is 0 Å². The highest BCUT2D eigenvalue weighted by Gasteiger charge is 2.12. The summed E-state index contributed by atoms with van der Waals surface area (Å²) in [5.74, 6) is 2.00.